The van der Waals surface area contributed by atoms with Gasteiger partial charge in [-0.1, -0.05) is 19.1 Å². The molecule has 114 valence electrons. The highest BCUT2D eigenvalue weighted by molar-refractivity contribution is 5.76. The maximum atomic E-state index is 12.3. The van der Waals surface area contributed by atoms with E-state index in [2.05, 4.69) is 29.5 Å². The Morgan fingerprint density at radius 1 is 1.25 bits per heavy atom. The average molecular weight is 281 g/mol. The van der Waals surface area contributed by atoms with Crippen LogP contribution in [-0.4, -0.2) is 43.9 Å². The van der Waals surface area contributed by atoms with Gasteiger partial charge in [-0.2, -0.15) is 0 Å². The van der Waals surface area contributed by atoms with Gasteiger partial charge in [-0.3, -0.25) is 4.79 Å². The van der Waals surface area contributed by atoms with E-state index in [0.29, 0.717) is 12.6 Å². The van der Waals surface area contributed by atoms with E-state index in [1.54, 1.807) is 4.68 Å². The fourth-order valence-electron chi connectivity index (χ4n) is 2.20. The summed E-state index contributed by atoms with van der Waals surface area (Å²) in [5.41, 5.74) is 0.854. The summed E-state index contributed by atoms with van der Waals surface area (Å²) < 4.78 is 1.61. The average Bonchev–Trinajstić information content (AvgIpc) is 2.72. The summed E-state index contributed by atoms with van der Waals surface area (Å²) in [7, 11) is 0. The number of aromatic nitrogens is 3. The minimum atomic E-state index is 0.0725. The van der Waals surface area contributed by atoms with Gasteiger partial charge in [0.15, 0.2) is 0 Å². The summed E-state index contributed by atoms with van der Waals surface area (Å²) in [6.07, 6.45) is 1.83. The first-order valence-electron chi connectivity index (χ1n) is 7.24. The van der Waals surface area contributed by atoms with Crippen molar-refractivity contribution in [1.29, 1.82) is 0 Å². The zero-order valence-electron chi connectivity index (χ0n) is 13.4. The maximum Gasteiger partial charge on any atom is 0.244 e. The largest absolute Gasteiger partial charge is 0.336 e. The monoisotopic (exact) mass is 281 g/mol. The van der Waals surface area contributed by atoms with Crippen LogP contribution in [0.2, 0.25) is 0 Å². The molecule has 1 N–H and O–H groups in total. The molecule has 0 unspecified atom stereocenters. The van der Waals surface area contributed by atoms with Crippen LogP contribution in [0.3, 0.4) is 0 Å². The number of hydrogen-bond acceptors (Lipinski definition) is 4. The lowest BCUT2D eigenvalue weighted by molar-refractivity contribution is -0.135. The molecule has 6 nitrogen and oxygen atoms in total. The normalized spacial score (nSPS) is 11.7. The predicted molar refractivity (Wildman–Crippen MR) is 79.1 cm³/mol. The highest BCUT2D eigenvalue weighted by atomic mass is 16.2. The molecule has 0 aromatic carbocycles. The molecule has 0 atom stereocenters. The van der Waals surface area contributed by atoms with Gasteiger partial charge < -0.3 is 10.2 Å². The molecule has 0 saturated heterocycles. The van der Waals surface area contributed by atoms with Gasteiger partial charge in [-0.05, 0) is 27.7 Å². The van der Waals surface area contributed by atoms with Crippen molar-refractivity contribution in [3.8, 4) is 0 Å². The number of hydrogen-bond donors (Lipinski definition) is 1. The van der Waals surface area contributed by atoms with Crippen LogP contribution >= 0.6 is 0 Å². The minimum Gasteiger partial charge on any atom is -0.336 e. The molecule has 0 radical (unpaired) electrons. The van der Waals surface area contributed by atoms with E-state index in [1.807, 2.05) is 38.8 Å². The first-order chi connectivity index (χ1) is 9.31. The fourth-order valence-corrected chi connectivity index (χ4v) is 2.20. The molecular formula is C14H27N5O. The summed E-state index contributed by atoms with van der Waals surface area (Å²) in [4.78, 5) is 14.2. The van der Waals surface area contributed by atoms with E-state index in [1.165, 1.54) is 0 Å². The lowest BCUT2D eigenvalue weighted by Gasteiger charge is -2.30. The molecule has 0 bridgehead atoms. The fraction of sp³-hybridized carbons (Fsp3) is 0.786. The van der Waals surface area contributed by atoms with Gasteiger partial charge >= 0.3 is 0 Å². The molecule has 1 aromatic heterocycles. The number of carbonyl (C=O) groups is 1. The second-order valence-electron chi connectivity index (χ2n) is 5.93. The zero-order valence-corrected chi connectivity index (χ0v) is 13.4. The van der Waals surface area contributed by atoms with E-state index in [0.717, 1.165) is 5.69 Å². The lowest BCUT2D eigenvalue weighted by atomic mass is 10.2. The smallest absolute Gasteiger partial charge is 0.244 e. The van der Waals surface area contributed by atoms with Crippen LogP contribution in [0.5, 0.6) is 0 Å². The SMILES string of the molecule is CC(C)NCc1cn(CC(=O)N(C(C)C)C(C)C)nn1. The molecule has 0 fully saturated rings. The summed E-state index contributed by atoms with van der Waals surface area (Å²) in [5, 5.41) is 11.4. The van der Waals surface area contributed by atoms with Crippen molar-refractivity contribution >= 4 is 5.91 Å². The molecule has 1 heterocycles. The van der Waals surface area contributed by atoms with E-state index in [-0.39, 0.29) is 24.5 Å². The molecule has 0 aliphatic rings. The first kappa shape index (κ1) is 16.6. The Hall–Kier alpha value is -1.43. The summed E-state index contributed by atoms with van der Waals surface area (Å²) in [6, 6.07) is 0.778. The Balaban J connectivity index is 2.62. The molecule has 0 aliphatic heterocycles. The summed E-state index contributed by atoms with van der Waals surface area (Å²) in [5.74, 6) is 0.0725. The van der Waals surface area contributed by atoms with Crippen molar-refractivity contribution in [3.05, 3.63) is 11.9 Å². The molecule has 0 saturated carbocycles. The van der Waals surface area contributed by atoms with Crippen molar-refractivity contribution in [1.82, 2.24) is 25.2 Å². The topological polar surface area (TPSA) is 63.1 Å². The number of amides is 1. The van der Waals surface area contributed by atoms with Gasteiger partial charge in [0.05, 0.1) is 11.9 Å². The van der Waals surface area contributed by atoms with Crippen molar-refractivity contribution in [2.75, 3.05) is 0 Å². The van der Waals surface area contributed by atoms with Gasteiger partial charge in [-0.25, -0.2) is 4.68 Å². The molecule has 1 rings (SSSR count). The Morgan fingerprint density at radius 3 is 2.35 bits per heavy atom. The highest BCUT2D eigenvalue weighted by Crippen LogP contribution is 2.07. The number of nitrogens with one attached hydrogen (secondary N) is 1. The zero-order chi connectivity index (χ0) is 15.3. The van der Waals surface area contributed by atoms with Crippen LogP contribution in [0.25, 0.3) is 0 Å². The van der Waals surface area contributed by atoms with Crippen molar-refractivity contribution in [2.24, 2.45) is 0 Å². The number of rotatable bonds is 7. The number of nitrogens with zero attached hydrogens (tertiary/aromatic N) is 4. The maximum absolute atomic E-state index is 12.3. The molecule has 0 spiro atoms. The van der Waals surface area contributed by atoms with Crippen molar-refractivity contribution in [2.45, 2.75) is 72.8 Å². The highest BCUT2D eigenvalue weighted by Gasteiger charge is 2.20. The first-order valence-corrected chi connectivity index (χ1v) is 7.24. The Morgan fingerprint density at radius 2 is 1.85 bits per heavy atom. The van der Waals surface area contributed by atoms with Crippen molar-refractivity contribution < 1.29 is 4.79 Å². The van der Waals surface area contributed by atoms with Gasteiger partial charge in [0, 0.05) is 24.7 Å². The third-order valence-corrected chi connectivity index (χ3v) is 2.98. The van der Waals surface area contributed by atoms with E-state index in [9.17, 15) is 4.79 Å². The van der Waals surface area contributed by atoms with Gasteiger partial charge in [0.2, 0.25) is 5.91 Å². The summed E-state index contributed by atoms with van der Waals surface area (Å²) >= 11 is 0. The van der Waals surface area contributed by atoms with Gasteiger partial charge in [0.25, 0.3) is 0 Å². The second-order valence-corrected chi connectivity index (χ2v) is 5.93. The van der Waals surface area contributed by atoms with Crippen molar-refractivity contribution in [3.63, 3.8) is 0 Å². The minimum absolute atomic E-state index is 0.0725. The molecule has 0 aliphatic carbocycles. The summed E-state index contributed by atoms with van der Waals surface area (Å²) in [6.45, 7) is 13.2. The molecule has 6 heteroatoms. The predicted octanol–water partition coefficient (Wildman–Crippen LogP) is 1.42. The molecule has 1 aromatic rings. The van der Waals surface area contributed by atoms with E-state index < -0.39 is 0 Å². The number of carbonyl (C=O) groups excluding carboxylic acids is 1. The van der Waals surface area contributed by atoms with Crippen LogP contribution in [0.4, 0.5) is 0 Å². The second kappa shape index (κ2) is 7.38. The standard InChI is InChI=1S/C14H27N5O/c1-10(2)15-7-13-8-18(17-16-13)9-14(20)19(11(3)4)12(5)6/h8,10-12,15H,7,9H2,1-6H3. The van der Waals surface area contributed by atoms with Gasteiger partial charge in [0.1, 0.15) is 6.54 Å². The Kier molecular flexibility index (Phi) is 6.13. The van der Waals surface area contributed by atoms with Crippen LogP contribution in [0.15, 0.2) is 6.20 Å². The molecule has 1 amide bonds. The lowest BCUT2D eigenvalue weighted by Crippen LogP contribution is -2.43. The Labute approximate surface area is 121 Å². The van der Waals surface area contributed by atoms with E-state index in [4.69, 9.17) is 0 Å². The Bertz CT molecular complexity index is 417. The van der Waals surface area contributed by atoms with Crippen LogP contribution in [0, 0.1) is 0 Å². The van der Waals surface area contributed by atoms with Crippen LogP contribution < -0.4 is 5.32 Å². The van der Waals surface area contributed by atoms with Crippen LogP contribution in [-0.2, 0) is 17.9 Å². The quantitative estimate of drug-likeness (QED) is 0.821. The third kappa shape index (κ3) is 4.92. The van der Waals surface area contributed by atoms with Crippen LogP contribution in [0.1, 0.15) is 47.2 Å². The van der Waals surface area contributed by atoms with E-state index >= 15 is 0 Å². The third-order valence-electron chi connectivity index (χ3n) is 2.98. The molecular weight excluding hydrogens is 254 g/mol. The van der Waals surface area contributed by atoms with Gasteiger partial charge in [-0.15, -0.1) is 5.10 Å². The molecule has 20 heavy (non-hydrogen) atoms.